The first-order chi connectivity index (χ1) is 23.3. The third-order valence-corrected chi connectivity index (χ3v) is 10.3. The summed E-state index contributed by atoms with van der Waals surface area (Å²) in [6.45, 7) is 7.08. The number of rotatable bonds is 7. The molecule has 0 unspecified atom stereocenters. The number of sulfone groups is 1. The zero-order chi connectivity index (χ0) is 35.0. The number of fused-ring (bicyclic) bond motifs is 1. The first-order valence-electron chi connectivity index (χ1n) is 16.2. The van der Waals surface area contributed by atoms with Crippen molar-refractivity contribution in [3.05, 3.63) is 82.3 Å². The number of aryl methyl sites for hydroxylation is 1. The number of likely N-dealkylation sites (tertiary alicyclic amines) is 1. The van der Waals surface area contributed by atoms with Gasteiger partial charge in [0.1, 0.15) is 23.1 Å². The van der Waals surface area contributed by atoms with E-state index in [0.29, 0.717) is 25.2 Å². The summed E-state index contributed by atoms with van der Waals surface area (Å²) in [5, 5.41) is 10.6. The van der Waals surface area contributed by atoms with Gasteiger partial charge in [0.05, 0.1) is 21.5 Å². The molecule has 2 aliphatic rings. The van der Waals surface area contributed by atoms with Crippen molar-refractivity contribution in [2.24, 2.45) is 0 Å². The highest BCUT2D eigenvalue weighted by molar-refractivity contribution is 7.90. The van der Waals surface area contributed by atoms with Gasteiger partial charge in [-0.2, -0.15) is 4.98 Å². The van der Waals surface area contributed by atoms with Crippen LogP contribution in [0.4, 0.5) is 14.6 Å². The first kappa shape index (κ1) is 34.2. The predicted octanol–water partition coefficient (Wildman–Crippen LogP) is 4.22. The van der Waals surface area contributed by atoms with E-state index in [1.807, 2.05) is 13.0 Å². The Hall–Kier alpha value is -4.69. The maximum absolute atomic E-state index is 16.0. The molecule has 1 amide bonds. The van der Waals surface area contributed by atoms with Crippen LogP contribution in [0.5, 0.6) is 5.75 Å². The third-order valence-electron chi connectivity index (χ3n) is 9.14. The molecule has 14 heteroatoms. The number of piperazine rings is 1. The minimum atomic E-state index is -3.89. The number of para-hydroxylation sites is 1. The van der Waals surface area contributed by atoms with E-state index in [1.54, 1.807) is 28.9 Å². The third kappa shape index (κ3) is 6.79. The fraction of sp³-hybridized carbons (Fsp3) is 0.371. The molecule has 2 saturated heterocycles. The maximum Gasteiger partial charge on any atom is 0.355 e. The van der Waals surface area contributed by atoms with Crippen molar-refractivity contribution in [3.8, 4) is 22.7 Å². The minimum absolute atomic E-state index is 0.0262. The van der Waals surface area contributed by atoms with Crippen LogP contribution in [0.3, 0.4) is 0 Å². The Bertz CT molecular complexity index is 2110. The van der Waals surface area contributed by atoms with Crippen molar-refractivity contribution in [3.63, 3.8) is 0 Å². The fourth-order valence-corrected chi connectivity index (χ4v) is 7.62. The molecule has 49 heavy (non-hydrogen) atoms. The molecule has 0 spiro atoms. The van der Waals surface area contributed by atoms with Gasteiger partial charge in [-0.3, -0.25) is 9.69 Å². The van der Waals surface area contributed by atoms with Gasteiger partial charge in [-0.15, -0.1) is 0 Å². The van der Waals surface area contributed by atoms with E-state index >= 15 is 8.78 Å². The highest BCUT2D eigenvalue weighted by Gasteiger charge is 2.31. The summed E-state index contributed by atoms with van der Waals surface area (Å²) in [6, 6.07) is 8.68. The minimum Gasteiger partial charge on any atom is -0.507 e. The zero-order valence-corrected chi connectivity index (χ0v) is 28.4. The summed E-state index contributed by atoms with van der Waals surface area (Å²) < 4.78 is 57.8. The molecule has 4 aromatic rings. The smallest absolute Gasteiger partial charge is 0.355 e. The number of amides is 1. The van der Waals surface area contributed by atoms with Crippen LogP contribution in [0.1, 0.15) is 31.7 Å². The van der Waals surface area contributed by atoms with Crippen molar-refractivity contribution >= 4 is 32.6 Å². The van der Waals surface area contributed by atoms with Crippen LogP contribution < -0.4 is 10.6 Å². The number of aromatic hydroxyl groups is 1. The van der Waals surface area contributed by atoms with E-state index in [1.165, 1.54) is 30.7 Å². The number of pyridine rings is 1. The van der Waals surface area contributed by atoms with Crippen LogP contribution >= 0.6 is 0 Å². The molecule has 11 nitrogen and oxygen atoms in total. The topological polar surface area (TPSA) is 129 Å². The average Bonchev–Trinajstić information content (AvgIpc) is 3.05. The van der Waals surface area contributed by atoms with Crippen LogP contribution in [-0.4, -0.2) is 95.3 Å². The fourth-order valence-electron chi connectivity index (χ4n) is 6.69. The Morgan fingerprint density at radius 3 is 2.45 bits per heavy atom. The summed E-state index contributed by atoms with van der Waals surface area (Å²) in [6.07, 6.45) is 8.02. The summed E-state index contributed by atoms with van der Waals surface area (Å²) in [5.41, 5.74) is -1.78. The number of benzene rings is 2. The molecule has 2 fully saturated rings. The second-order valence-corrected chi connectivity index (χ2v) is 14.6. The van der Waals surface area contributed by atoms with E-state index in [4.69, 9.17) is 0 Å². The van der Waals surface area contributed by atoms with Gasteiger partial charge in [-0.1, -0.05) is 30.7 Å². The summed E-state index contributed by atoms with van der Waals surface area (Å²) in [7, 11) is -3.89. The zero-order valence-electron chi connectivity index (χ0n) is 27.6. The molecule has 1 N–H and O–H groups in total. The Balaban J connectivity index is 1.45. The average molecular weight is 693 g/mol. The van der Waals surface area contributed by atoms with Crippen LogP contribution in [-0.2, 0) is 14.6 Å². The molecular weight excluding hydrogens is 654 g/mol. The second kappa shape index (κ2) is 13.7. The second-order valence-electron chi connectivity index (χ2n) is 12.7. The molecule has 0 radical (unpaired) electrons. The number of halogens is 2. The standard InChI is InChI=1S/C35H38F2N6O5S/c1-22-10-7-13-28(49(3,47)48)32(22)43-34-24(20-26(37)31(38-34)30-25(36)11-8-12-27(30)44)33(39-35(43)46)42-19-18-41(21-23(42)2)29(45)14-9-17-40-15-5-4-6-16-40/h7-14,20,23,44H,4-6,15-19,21H2,1-3H3/b14-9+/t23-/m0/s1. The molecule has 258 valence electrons. The van der Waals surface area contributed by atoms with Gasteiger partial charge in [0.15, 0.2) is 21.3 Å². The number of hydrogen-bond donors (Lipinski definition) is 1. The van der Waals surface area contributed by atoms with Crippen LogP contribution in [0, 0.1) is 18.6 Å². The van der Waals surface area contributed by atoms with Crippen molar-refractivity contribution in [2.45, 2.75) is 44.0 Å². The number of phenols is 1. The SMILES string of the molecule is Cc1cccc(S(C)(=O)=O)c1-n1c(=O)nc(N2CCN(C(=O)/C=C/CN3CCCCC3)C[C@@H]2C)c2cc(F)c(-c3c(O)cccc3F)nc21. The van der Waals surface area contributed by atoms with Gasteiger partial charge in [0.25, 0.3) is 0 Å². The van der Waals surface area contributed by atoms with Gasteiger partial charge in [-0.25, -0.2) is 31.5 Å². The van der Waals surface area contributed by atoms with Crippen LogP contribution in [0.2, 0.25) is 0 Å². The van der Waals surface area contributed by atoms with E-state index < -0.39 is 44.2 Å². The Morgan fingerprint density at radius 1 is 1.02 bits per heavy atom. The Labute approximate surface area is 283 Å². The van der Waals surface area contributed by atoms with Crippen molar-refractivity contribution < 1.29 is 27.1 Å². The number of nitrogens with zero attached hydrogens (tertiary/aromatic N) is 6. The van der Waals surface area contributed by atoms with E-state index in [9.17, 15) is 23.1 Å². The van der Waals surface area contributed by atoms with E-state index in [0.717, 1.165) is 48.9 Å². The first-order valence-corrected chi connectivity index (χ1v) is 18.1. The number of anilines is 1. The highest BCUT2D eigenvalue weighted by atomic mass is 32.2. The van der Waals surface area contributed by atoms with E-state index in [2.05, 4.69) is 14.9 Å². The Morgan fingerprint density at radius 2 is 1.76 bits per heavy atom. The molecule has 6 rings (SSSR count). The van der Waals surface area contributed by atoms with Gasteiger partial charge in [-0.05, 0) is 69.6 Å². The largest absolute Gasteiger partial charge is 0.507 e. The lowest BCUT2D eigenvalue weighted by atomic mass is 10.1. The van der Waals surface area contributed by atoms with E-state index in [-0.39, 0.29) is 45.9 Å². The monoisotopic (exact) mass is 692 g/mol. The van der Waals surface area contributed by atoms with Crippen LogP contribution in [0.25, 0.3) is 28.0 Å². The molecule has 1 atom stereocenters. The van der Waals surface area contributed by atoms with Gasteiger partial charge >= 0.3 is 5.69 Å². The summed E-state index contributed by atoms with van der Waals surface area (Å²) in [5.74, 6) is -2.55. The number of carbonyl (C=O) groups excluding carboxylic acids is 1. The molecule has 2 aromatic carbocycles. The normalized spacial score (nSPS) is 17.7. The molecule has 2 aliphatic heterocycles. The van der Waals surface area contributed by atoms with Gasteiger partial charge in [0, 0.05) is 44.6 Å². The van der Waals surface area contributed by atoms with Crippen LogP contribution in [0.15, 0.2) is 64.3 Å². The quantitative estimate of drug-likeness (QED) is 0.283. The summed E-state index contributed by atoms with van der Waals surface area (Å²) >= 11 is 0. The van der Waals surface area contributed by atoms with Gasteiger partial charge in [0.2, 0.25) is 5.91 Å². The molecular formula is C35H38F2N6O5S. The molecule has 2 aromatic heterocycles. The molecule has 0 bridgehead atoms. The highest BCUT2D eigenvalue weighted by Crippen LogP contribution is 2.37. The van der Waals surface area contributed by atoms with Crippen molar-refractivity contribution in [1.29, 1.82) is 0 Å². The lowest BCUT2D eigenvalue weighted by Crippen LogP contribution is -2.54. The maximum atomic E-state index is 16.0. The predicted molar refractivity (Wildman–Crippen MR) is 183 cm³/mol. The van der Waals surface area contributed by atoms with Gasteiger partial charge < -0.3 is 14.9 Å². The summed E-state index contributed by atoms with van der Waals surface area (Å²) in [4.78, 5) is 41.5. The van der Waals surface area contributed by atoms with Crippen molar-refractivity contribution in [2.75, 3.05) is 50.4 Å². The molecule has 0 saturated carbocycles. The lowest BCUT2D eigenvalue weighted by molar-refractivity contribution is -0.126. The number of phenolic OH excluding ortho intramolecular Hbond substituents is 1. The lowest BCUT2D eigenvalue weighted by Gasteiger charge is -2.40. The number of hydrogen-bond acceptors (Lipinski definition) is 9. The van der Waals surface area contributed by atoms with Crippen molar-refractivity contribution in [1.82, 2.24) is 24.3 Å². The number of piperidine rings is 1. The Kier molecular flexibility index (Phi) is 9.54. The molecule has 4 heterocycles. The number of carbonyl (C=O) groups is 1. The molecule has 0 aliphatic carbocycles. The number of aromatic nitrogens is 3.